The van der Waals surface area contributed by atoms with Crippen molar-refractivity contribution in [2.24, 2.45) is 0 Å². The summed E-state index contributed by atoms with van der Waals surface area (Å²) in [5.41, 5.74) is 3.45. The Balaban J connectivity index is 1.73. The van der Waals surface area contributed by atoms with E-state index in [9.17, 15) is 4.79 Å². The number of benzene rings is 2. The van der Waals surface area contributed by atoms with Gasteiger partial charge < -0.3 is 15.0 Å². The van der Waals surface area contributed by atoms with E-state index in [-0.39, 0.29) is 12.1 Å². The summed E-state index contributed by atoms with van der Waals surface area (Å²) in [5.74, 6) is 0.811. The van der Waals surface area contributed by atoms with Gasteiger partial charge in [0.25, 0.3) is 5.91 Å². The third-order valence-electron chi connectivity index (χ3n) is 4.22. The van der Waals surface area contributed by atoms with Crippen molar-refractivity contribution in [3.63, 3.8) is 0 Å². The quantitative estimate of drug-likeness (QED) is 0.870. The number of hydrogen-bond acceptors (Lipinski definition) is 3. The van der Waals surface area contributed by atoms with Crippen LogP contribution in [0.15, 0.2) is 48.0 Å². The number of fused-ring (bicyclic) bond motifs is 2. The molecule has 0 saturated carbocycles. The standard InChI is InChI=1S/C18H15ClN2O2/c1-21-17(20-15-5-3-2-4-14(15)18(21)22)12-8-11-9-13(19)6-7-16(11)23-10-12/h2-9,17,20H,10H2,1H3/t17-/m1/s1. The van der Waals surface area contributed by atoms with E-state index in [2.05, 4.69) is 5.32 Å². The molecule has 0 unspecified atom stereocenters. The SMILES string of the molecule is CN1C(=O)c2ccccc2N[C@H]1C1=Cc2cc(Cl)ccc2OC1. The van der Waals surface area contributed by atoms with Crippen molar-refractivity contribution in [3.05, 3.63) is 64.2 Å². The molecule has 0 fully saturated rings. The van der Waals surface area contributed by atoms with Crippen LogP contribution in [0.2, 0.25) is 5.02 Å². The first kappa shape index (κ1) is 14.2. The van der Waals surface area contributed by atoms with Crippen molar-refractivity contribution in [1.82, 2.24) is 4.90 Å². The molecular weight excluding hydrogens is 312 g/mol. The summed E-state index contributed by atoms with van der Waals surface area (Å²) in [7, 11) is 1.80. The van der Waals surface area contributed by atoms with E-state index in [4.69, 9.17) is 16.3 Å². The van der Waals surface area contributed by atoms with Crippen LogP contribution < -0.4 is 10.1 Å². The Morgan fingerprint density at radius 2 is 2.09 bits per heavy atom. The van der Waals surface area contributed by atoms with E-state index in [0.717, 1.165) is 22.6 Å². The molecule has 2 heterocycles. The van der Waals surface area contributed by atoms with E-state index < -0.39 is 0 Å². The molecule has 2 aromatic rings. The van der Waals surface area contributed by atoms with Crippen LogP contribution in [0, 0.1) is 0 Å². The smallest absolute Gasteiger partial charge is 0.257 e. The number of carbonyl (C=O) groups excluding carboxylic acids is 1. The predicted octanol–water partition coefficient (Wildman–Crippen LogP) is 3.64. The first-order valence-corrected chi connectivity index (χ1v) is 7.77. The number of likely N-dealkylation sites (N-methyl/N-ethyl adjacent to an activating group) is 1. The topological polar surface area (TPSA) is 41.6 Å². The summed E-state index contributed by atoms with van der Waals surface area (Å²) in [5, 5.41) is 4.08. The fraction of sp³-hybridized carbons (Fsp3) is 0.167. The molecule has 1 N–H and O–H groups in total. The normalized spacial score (nSPS) is 19.2. The lowest BCUT2D eigenvalue weighted by atomic mass is 10.0. The van der Waals surface area contributed by atoms with Crippen LogP contribution in [0.3, 0.4) is 0 Å². The monoisotopic (exact) mass is 326 g/mol. The van der Waals surface area contributed by atoms with E-state index in [1.54, 1.807) is 11.9 Å². The van der Waals surface area contributed by atoms with E-state index in [1.165, 1.54) is 0 Å². The molecule has 0 spiro atoms. The van der Waals surface area contributed by atoms with Gasteiger partial charge in [0.05, 0.1) is 5.56 Å². The Hall–Kier alpha value is -2.46. The highest BCUT2D eigenvalue weighted by atomic mass is 35.5. The van der Waals surface area contributed by atoms with Gasteiger partial charge in [-0.3, -0.25) is 4.79 Å². The van der Waals surface area contributed by atoms with Gasteiger partial charge in [0, 0.05) is 28.9 Å². The van der Waals surface area contributed by atoms with Gasteiger partial charge in [0.2, 0.25) is 0 Å². The molecular formula is C18H15ClN2O2. The van der Waals surface area contributed by atoms with Crippen LogP contribution in [-0.2, 0) is 0 Å². The maximum atomic E-state index is 12.6. The Bertz CT molecular complexity index is 832. The average molecular weight is 327 g/mol. The average Bonchev–Trinajstić information content (AvgIpc) is 2.57. The van der Waals surface area contributed by atoms with Crippen LogP contribution in [0.5, 0.6) is 5.75 Å². The summed E-state index contributed by atoms with van der Waals surface area (Å²) in [4.78, 5) is 14.3. The molecule has 4 nitrogen and oxygen atoms in total. The molecule has 23 heavy (non-hydrogen) atoms. The second kappa shape index (κ2) is 5.32. The Morgan fingerprint density at radius 1 is 1.26 bits per heavy atom. The largest absolute Gasteiger partial charge is 0.488 e. The second-order valence-electron chi connectivity index (χ2n) is 5.70. The summed E-state index contributed by atoms with van der Waals surface area (Å²) < 4.78 is 5.81. The van der Waals surface area contributed by atoms with Crippen molar-refractivity contribution in [2.75, 3.05) is 19.0 Å². The molecule has 0 saturated heterocycles. The van der Waals surface area contributed by atoms with Crippen LogP contribution in [0.1, 0.15) is 15.9 Å². The summed E-state index contributed by atoms with van der Waals surface area (Å²) in [6.45, 7) is 0.437. The third-order valence-corrected chi connectivity index (χ3v) is 4.45. The molecule has 2 aliphatic rings. The minimum atomic E-state index is -0.232. The lowest BCUT2D eigenvalue weighted by Gasteiger charge is -2.37. The lowest BCUT2D eigenvalue weighted by Crippen LogP contribution is -2.48. The van der Waals surface area contributed by atoms with Crippen molar-refractivity contribution < 1.29 is 9.53 Å². The first-order chi connectivity index (χ1) is 11.1. The van der Waals surface area contributed by atoms with E-state index in [0.29, 0.717) is 17.2 Å². The molecule has 0 aromatic heterocycles. The Morgan fingerprint density at radius 3 is 2.96 bits per heavy atom. The van der Waals surface area contributed by atoms with Crippen molar-refractivity contribution in [3.8, 4) is 5.75 Å². The van der Waals surface area contributed by atoms with E-state index >= 15 is 0 Å². The van der Waals surface area contributed by atoms with Gasteiger partial charge in [0.15, 0.2) is 0 Å². The number of anilines is 1. The molecule has 116 valence electrons. The summed E-state index contributed by atoms with van der Waals surface area (Å²) in [6.07, 6.45) is 1.81. The maximum absolute atomic E-state index is 12.6. The molecule has 1 amide bonds. The number of hydrogen-bond donors (Lipinski definition) is 1. The zero-order valence-electron chi connectivity index (χ0n) is 12.5. The highest BCUT2D eigenvalue weighted by Gasteiger charge is 2.32. The molecule has 4 rings (SSSR count). The van der Waals surface area contributed by atoms with Crippen LogP contribution in [0.25, 0.3) is 6.08 Å². The van der Waals surface area contributed by atoms with Crippen LogP contribution in [0.4, 0.5) is 5.69 Å². The number of para-hydroxylation sites is 1. The van der Waals surface area contributed by atoms with Crippen molar-refractivity contribution >= 4 is 29.3 Å². The molecule has 1 atom stereocenters. The molecule has 2 aromatic carbocycles. The van der Waals surface area contributed by atoms with Crippen LogP contribution >= 0.6 is 11.6 Å². The van der Waals surface area contributed by atoms with Gasteiger partial charge in [0.1, 0.15) is 18.5 Å². The molecule has 5 heteroatoms. The highest BCUT2D eigenvalue weighted by Crippen LogP contribution is 2.33. The number of ether oxygens (including phenoxy) is 1. The Labute approximate surface area is 139 Å². The first-order valence-electron chi connectivity index (χ1n) is 7.39. The van der Waals surface area contributed by atoms with Gasteiger partial charge in [-0.1, -0.05) is 23.7 Å². The van der Waals surface area contributed by atoms with Gasteiger partial charge in [-0.25, -0.2) is 0 Å². The van der Waals surface area contributed by atoms with E-state index in [1.807, 2.05) is 48.5 Å². The molecule has 0 radical (unpaired) electrons. The lowest BCUT2D eigenvalue weighted by molar-refractivity contribution is 0.0752. The highest BCUT2D eigenvalue weighted by molar-refractivity contribution is 6.30. The zero-order valence-corrected chi connectivity index (χ0v) is 13.3. The van der Waals surface area contributed by atoms with Gasteiger partial charge >= 0.3 is 0 Å². The Kier molecular flexibility index (Phi) is 3.27. The number of carbonyl (C=O) groups is 1. The number of nitrogens with zero attached hydrogens (tertiary/aromatic N) is 1. The number of amides is 1. The summed E-state index contributed by atoms with van der Waals surface area (Å²) >= 11 is 6.06. The van der Waals surface area contributed by atoms with Crippen molar-refractivity contribution in [2.45, 2.75) is 6.17 Å². The number of nitrogens with one attached hydrogen (secondary N) is 1. The molecule has 2 aliphatic heterocycles. The second-order valence-corrected chi connectivity index (χ2v) is 6.14. The maximum Gasteiger partial charge on any atom is 0.257 e. The molecule has 0 bridgehead atoms. The fourth-order valence-corrected chi connectivity index (χ4v) is 3.19. The third kappa shape index (κ3) is 2.35. The minimum absolute atomic E-state index is 0.00198. The van der Waals surface area contributed by atoms with Crippen LogP contribution in [-0.4, -0.2) is 30.6 Å². The summed E-state index contributed by atoms with van der Waals surface area (Å²) in [6, 6.07) is 13.1. The number of halogens is 1. The molecule has 0 aliphatic carbocycles. The van der Waals surface area contributed by atoms with Gasteiger partial charge in [-0.15, -0.1) is 0 Å². The fourth-order valence-electron chi connectivity index (χ4n) is 3.01. The predicted molar refractivity (Wildman–Crippen MR) is 90.9 cm³/mol. The number of rotatable bonds is 1. The van der Waals surface area contributed by atoms with Gasteiger partial charge in [-0.05, 0) is 36.4 Å². The van der Waals surface area contributed by atoms with Gasteiger partial charge in [-0.2, -0.15) is 0 Å². The minimum Gasteiger partial charge on any atom is -0.488 e. The van der Waals surface area contributed by atoms with Crippen molar-refractivity contribution in [1.29, 1.82) is 0 Å². The zero-order chi connectivity index (χ0) is 16.0.